The summed E-state index contributed by atoms with van der Waals surface area (Å²) in [7, 11) is -3.40. The Balaban J connectivity index is 6.58. The highest BCUT2D eigenvalue weighted by Gasteiger charge is 2.95. The molecule has 20 heteroatoms. The van der Waals surface area contributed by atoms with Crippen molar-refractivity contribution in [2.45, 2.75) is 74.4 Å². The molecule has 0 saturated carbocycles. The Labute approximate surface area is 187 Å². The summed E-state index contributed by atoms with van der Waals surface area (Å²) in [5.74, 6) is -59.4. The van der Waals surface area contributed by atoms with Gasteiger partial charge in [0.25, 0.3) is 0 Å². The van der Waals surface area contributed by atoms with Crippen LogP contribution in [0.15, 0.2) is 0 Å². The normalized spacial score (nSPS) is 16.7. The van der Waals surface area contributed by atoms with Crippen LogP contribution >= 0.6 is 0 Å². The van der Waals surface area contributed by atoms with Crippen molar-refractivity contribution in [3.8, 4) is 0 Å². The Bertz CT molecular complexity index is 700. The molecule has 0 amide bonds. The first-order chi connectivity index (χ1) is 15.2. The van der Waals surface area contributed by atoms with Gasteiger partial charge in [-0.15, -0.1) is 0 Å². The van der Waals surface area contributed by atoms with Crippen LogP contribution in [0.4, 0.5) is 74.6 Å². The molecular weight excluding hydrogens is 563 g/mol. The van der Waals surface area contributed by atoms with Crippen molar-refractivity contribution in [2.75, 3.05) is 13.2 Å². The Morgan fingerprint density at radius 3 is 1.09 bits per heavy atom. The quantitative estimate of drug-likeness (QED) is 0.174. The number of halogens is 17. The topological polar surface area (TPSA) is 18.5 Å². The van der Waals surface area contributed by atoms with Gasteiger partial charge in [-0.2, -0.15) is 74.6 Å². The molecule has 0 heterocycles. The highest BCUT2D eigenvalue weighted by molar-refractivity contribution is 6.44. The molecule has 0 aliphatic carbocycles. The molecule has 0 spiro atoms. The van der Waals surface area contributed by atoms with Crippen LogP contribution < -0.4 is 0 Å². The van der Waals surface area contributed by atoms with E-state index in [4.69, 9.17) is 8.85 Å². The fraction of sp³-hybridized carbons (Fsp3) is 1.00. The third kappa shape index (κ3) is 5.19. The lowest BCUT2D eigenvalue weighted by molar-refractivity contribution is -0.463. The zero-order chi connectivity index (χ0) is 28.7. The molecule has 35 heavy (non-hydrogen) atoms. The Kier molecular flexibility index (Phi) is 9.71. The lowest BCUT2D eigenvalue weighted by atomic mass is 9.86. The zero-order valence-corrected chi connectivity index (χ0v) is 18.7. The van der Waals surface area contributed by atoms with Crippen LogP contribution in [0.3, 0.4) is 0 Å². The minimum Gasteiger partial charge on any atom is -0.397 e. The van der Waals surface area contributed by atoms with Gasteiger partial charge in [-0.25, -0.2) is 0 Å². The lowest BCUT2D eigenvalue weighted by Crippen LogP contribution is -2.74. The zero-order valence-electron chi connectivity index (χ0n) is 17.5. The predicted octanol–water partition coefficient (Wildman–Crippen LogP) is 6.93. The molecule has 212 valence electrons. The van der Waals surface area contributed by atoms with Crippen molar-refractivity contribution < 1.29 is 83.5 Å². The van der Waals surface area contributed by atoms with E-state index < -0.39 is 68.9 Å². The molecule has 0 aliphatic rings. The highest BCUT2D eigenvalue weighted by Crippen LogP contribution is 2.64. The third-order valence-electron chi connectivity index (χ3n) is 4.62. The summed E-state index contributed by atoms with van der Waals surface area (Å²) in [6, 6.07) is -1.36. The van der Waals surface area contributed by atoms with Crippen LogP contribution in [0.2, 0.25) is 6.04 Å². The maximum Gasteiger partial charge on any atom is 0.460 e. The molecule has 0 radical (unpaired) electrons. The van der Waals surface area contributed by atoms with Gasteiger partial charge in [-0.1, -0.05) is 6.92 Å². The number of rotatable bonds is 13. The largest absolute Gasteiger partial charge is 0.460 e. The molecule has 1 unspecified atom stereocenters. The first-order valence-corrected chi connectivity index (χ1v) is 10.9. The fourth-order valence-corrected chi connectivity index (χ4v) is 4.46. The molecule has 0 rings (SSSR count). The molecule has 1 atom stereocenters. The van der Waals surface area contributed by atoms with Crippen LogP contribution in [-0.2, 0) is 8.85 Å². The van der Waals surface area contributed by atoms with Gasteiger partial charge < -0.3 is 8.85 Å². The summed E-state index contributed by atoms with van der Waals surface area (Å²) in [5.41, 5.74) is 0. The second kappa shape index (κ2) is 10.0. The van der Waals surface area contributed by atoms with E-state index in [1.54, 1.807) is 0 Å². The minimum absolute atomic E-state index is 0.0186. The SMILES string of the molecule is CCO[SiH](CC(C)C(F)(F)C(F)(F)C(F)(F)C(F)(F)C(F)(F)C(F)(F)C(F)(F)C(F)(F)F)OCC. The van der Waals surface area contributed by atoms with E-state index in [-0.39, 0.29) is 20.1 Å². The highest BCUT2D eigenvalue weighted by atomic mass is 28.3. The van der Waals surface area contributed by atoms with E-state index in [0.717, 1.165) is 0 Å². The second-order valence-corrected chi connectivity index (χ2v) is 9.04. The number of alkyl halides is 17. The molecular formula is C15H17F17O2Si. The maximum absolute atomic E-state index is 14.2. The summed E-state index contributed by atoms with van der Waals surface area (Å²) in [4.78, 5) is 0. The van der Waals surface area contributed by atoms with Crippen molar-refractivity contribution in [3.05, 3.63) is 0 Å². The molecule has 0 fully saturated rings. The number of hydrogen-bond acceptors (Lipinski definition) is 2. The van der Waals surface area contributed by atoms with Gasteiger partial charge in [0.05, 0.1) is 0 Å². The van der Waals surface area contributed by atoms with Crippen LogP contribution in [0.5, 0.6) is 0 Å². The van der Waals surface area contributed by atoms with E-state index in [1.165, 1.54) is 13.8 Å². The van der Waals surface area contributed by atoms with Crippen molar-refractivity contribution in [2.24, 2.45) is 5.92 Å². The van der Waals surface area contributed by atoms with Crippen molar-refractivity contribution in [3.63, 3.8) is 0 Å². The smallest absolute Gasteiger partial charge is 0.397 e. The molecule has 0 aromatic rings. The van der Waals surface area contributed by atoms with Gasteiger partial charge in [0.2, 0.25) is 0 Å². The second-order valence-electron chi connectivity index (χ2n) is 7.04. The molecule has 0 aliphatic heterocycles. The molecule has 0 aromatic carbocycles. The fourth-order valence-electron chi connectivity index (χ4n) is 2.48. The van der Waals surface area contributed by atoms with Crippen LogP contribution in [0.25, 0.3) is 0 Å². The van der Waals surface area contributed by atoms with Gasteiger partial charge >= 0.3 is 56.9 Å². The standard InChI is InChI=1S/C15H17F17O2Si/c1-4-33-35(34-5-2)6-7(3)8(16,17)9(18,19)10(20,21)11(22,23)12(24,25)13(26,27)14(28,29)15(30,31)32/h7,35H,4-6H2,1-3H3. The maximum atomic E-state index is 14.2. The van der Waals surface area contributed by atoms with Crippen molar-refractivity contribution in [1.29, 1.82) is 0 Å². The molecule has 0 bridgehead atoms. The average molecular weight is 580 g/mol. The van der Waals surface area contributed by atoms with Gasteiger partial charge in [-0.05, 0) is 19.9 Å². The number of hydrogen-bond donors (Lipinski definition) is 0. The van der Waals surface area contributed by atoms with Crippen molar-refractivity contribution >= 4 is 9.28 Å². The monoisotopic (exact) mass is 580 g/mol. The molecule has 0 aromatic heterocycles. The van der Waals surface area contributed by atoms with E-state index >= 15 is 0 Å². The Morgan fingerprint density at radius 2 is 0.800 bits per heavy atom. The third-order valence-corrected chi connectivity index (χ3v) is 7.12. The summed E-state index contributed by atoms with van der Waals surface area (Å²) in [6.45, 7) is 1.90. The summed E-state index contributed by atoms with van der Waals surface area (Å²) >= 11 is 0. The van der Waals surface area contributed by atoms with E-state index in [9.17, 15) is 74.6 Å². The molecule has 0 N–H and O–H groups in total. The Morgan fingerprint density at radius 1 is 0.514 bits per heavy atom. The van der Waals surface area contributed by atoms with E-state index in [0.29, 0.717) is 0 Å². The molecule has 2 nitrogen and oxygen atoms in total. The predicted molar refractivity (Wildman–Crippen MR) is 85.1 cm³/mol. The summed E-state index contributed by atoms with van der Waals surface area (Å²) in [5, 5.41) is 0. The van der Waals surface area contributed by atoms with Gasteiger partial charge in [0.15, 0.2) is 0 Å². The minimum atomic E-state index is -8.63. The first-order valence-electron chi connectivity index (χ1n) is 9.11. The van der Waals surface area contributed by atoms with Gasteiger partial charge in [0.1, 0.15) is 0 Å². The Hall–Kier alpha value is -1.05. The molecule has 0 saturated heterocycles. The van der Waals surface area contributed by atoms with Crippen LogP contribution in [-0.4, -0.2) is 70.1 Å². The first kappa shape index (κ1) is 33.9. The van der Waals surface area contributed by atoms with Crippen LogP contribution in [0.1, 0.15) is 20.8 Å². The lowest BCUT2D eigenvalue weighted by Gasteiger charge is -2.43. The average Bonchev–Trinajstić information content (AvgIpc) is 2.66. The van der Waals surface area contributed by atoms with Gasteiger partial charge in [-0.3, -0.25) is 0 Å². The van der Waals surface area contributed by atoms with E-state index in [1.807, 2.05) is 0 Å². The summed E-state index contributed by atoms with van der Waals surface area (Å²) in [6.07, 6.45) is -7.77. The van der Waals surface area contributed by atoms with Crippen LogP contribution in [0, 0.1) is 5.92 Å². The van der Waals surface area contributed by atoms with Crippen molar-refractivity contribution in [1.82, 2.24) is 0 Å². The summed E-state index contributed by atoms with van der Waals surface area (Å²) < 4.78 is 236. The van der Waals surface area contributed by atoms with E-state index in [2.05, 4.69) is 0 Å². The van der Waals surface area contributed by atoms with Gasteiger partial charge in [0, 0.05) is 19.1 Å².